The van der Waals surface area contributed by atoms with E-state index in [0.29, 0.717) is 21.8 Å². The largest absolute Gasteiger partial charge is 0.508 e. The van der Waals surface area contributed by atoms with Crippen LogP contribution in [0.15, 0.2) is 67.0 Å². The molecular weight excluding hydrogens is 571 g/mol. The molecule has 3 heterocycles. The Kier molecular flexibility index (Phi) is 8.27. The lowest BCUT2D eigenvalue weighted by Crippen LogP contribution is -2.59. The first-order valence-electron chi connectivity index (χ1n) is 13.7. The number of phenols is 1. The molecule has 11 heteroatoms. The number of carboxylic acids is 1. The molecule has 1 unspecified atom stereocenters. The summed E-state index contributed by atoms with van der Waals surface area (Å²) >= 11 is 1.38. The van der Waals surface area contributed by atoms with E-state index in [1.807, 2.05) is 18.2 Å². The fourth-order valence-electron chi connectivity index (χ4n) is 4.71. The number of carbonyl (C=O) groups excluding carboxylic acids is 2. The highest BCUT2D eigenvalue weighted by atomic mass is 32.1. The number of amides is 2. The van der Waals surface area contributed by atoms with Gasteiger partial charge in [0.25, 0.3) is 5.91 Å². The number of nitrogens with one attached hydrogen (secondary N) is 1. The monoisotopic (exact) mass is 602 g/mol. The zero-order valence-corrected chi connectivity index (χ0v) is 24.7. The number of aromatic hydroxyl groups is 1. The van der Waals surface area contributed by atoms with Crippen LogP contribution >= 0.6 is 11.3 Å². The summed E-state index contributed by atoms with van der Waals surface area (Å²) in [5, 5.41) is 21.6. The van der Waals surface area contributed by atoms with Gasteiger partial charge >= 0.3 is 5.97 Å². The number of hydrogen-bond donors (Lipinski definition) is 3. The van der Waals surface area contributed by atoms with Gasteiger partial charge in [-0.25, -0.2) is 14.4 Å². The average Bonchev–Trinajstić information content (AvgIpc) is 3.44. The summed E-state index contributed by atoms with van der Waals surface area (Å²) < 4.78 is 14.2. The Morgan fingerprint density at radius 3 is 2.28 bits per heavy atom. The van der Waals surface area contributed by atoms with Gasteiger partial charge in [0.05, 0.1) is 10.8 Å². The minimum atomic E-state index is -0.947. The maximum atomic E-state index is 14.2. The number of likely N-dealkylation sites (tertiary alicyclic amines) is 1. The smallest absolute Gasteiger partial charge is 0.310 e. The molecule has 4 aromatic rings. The van der Waals surface area contributed by atoms with Gasteiger partial charge in [-0.2, -0.15) is 0 Å². The average molecular weight is 603 g/mol. The molecule has 1 aliphatic heterocycles. The van der Waals surface area contributed by atoms with Gasteiger partial charge in [-0.05, 0) is 35.2 Å². The zero-order valence-electron chi connectivity index (χ0n) is 23.9. The molecule has 1 atom stereocenters. The summed E-state index contributed by atoms with van der Waals surface area (Å²) in [6, 6.07) is 13.9. The molecule has 2 aromatic carbocycles. The van der Waals surface area contributed by atoms with Gasteiger partial charge in [-0.1, -0.05) is 45.0 Å². The highest BCUT2D eigenvalue weighted by Crippen LogP contribution is 2.30. The Bertz CT molecular complexity index is 1660. The van der Waals surface area contributed by atoms with Crippen molar-refractivity contribution in [2.24, 2.45) is 5.92 Å². The van der Waals surface area contributed by atoms with Crippen LogP contribution in [0.4, 0.5) is 4.39 Å². The van der Waals surface area contributed by atoms with Crippen LogP contribution in [0.3, 0.4) is 0 Å². The number of carbonyl (C=O) groups is 3. The maximum absolute atomic E-state index is 14.2. The Labute approximate surface area is 252 Å². The van der Waals surface area contributed by atoms with Crippen LogP contribution in [-0.4, -0.2) is 62.0 Å². The van der Waals surface area contributed by atoms with Crippen molar-refractivity contribution in [1.82, 2.24) is 20.2 Å². The predicted molar refractivity (Wildman–Crippen MR) is 160 cm³/mol. The van der Waals surface area contributed by atoms with E-state index in [1.54, 1.807) is 18.2 Å². The minimum absolute atomic E-state index is 0.105. The molecule has 5 rings (SSSR count). The number of aliphatic carboxylic acids is 1. The van der Waals surface area contributed by atoms with Crippen molar-refractivity contribution in [3.05, 3.63) is 88.1 Å². The van der Waals surface area contributed by atoms with E-state index in [0.717, 1.165) is 16.5 Å². The Morgan fingerprint density at radius 1 is 1.02 bits per heavy atom. The Morgan fingerprint density at radius 2 is 1.70 bits per heavy atom. The number of rotatable bonds is 8. The summed E-state index contributed by atoms with van der Waals surface area (Å²) in [7, 11) is 0. The van der Waals surface area contributed by atoms with E-state index in [2.05, 4.69) is 36.1 Å². The maximum Gasteiger partial charge on any atom is 0.310 e. The van der Waals surface area contributed by atoms with E-state index in [1.165, 1.54) is 40.8 Å². The van der Waals surface area contributed by atoms with Gasteiger partial charge < -0.3 is 20.4 Å². The first-order chi connectivity index (χ1) is 20.4. The molecule has 43 heavy (non-hydrogen) atoms. The van der Waals surface area contributed by atoms with Crippen molar-refractivity contribution >= 4 is 29.1 Å². The van der Waals surface area contributed by atoms with Crippen molar-refractivity contribution in [3.63, 3.8) is 0 Å². The summed E-state index contributed by atoms with van der Waals surface area (Å²) in [6.45, 7) is 6.40. The number of hydrogen-bond acceptors (Lipinski definition) is 7. The van der Waals surface area contributed by atoms with E-state index < -0.39 is 23.7 Å². The normalized spacial score (nSPS) is 14.2. The zero-order chi connectivity index (χ0) is 30.9. The van der Waals surface area contributed by atoms with Crippen LogP contribution in [-0.2, 0) is 21.4 Å². The predicted octanol–water partition coefficient (Wildman–Crippen LogP) is 4.90. The molecule has 3 N–H and O–H groups in total. The van der Waals surface area contributed by atoms with Gasteiger partial charge in [0.15, 0.2) is 5.82 Å². The fourth-order valence-corrected chi connectivity index (χ4v) is 5.67. The second kappa shape index (κ2) is 11.9. The number of nitrogens with zero attached hydrogens (tertiary/aromatic N) is 3. The minimum Gasteiger partial charge on any atom is -0.508 e. The lowest BCUT2D eigenvalue weighted by molar-refractivity contribution is -0.153. The molecule has 0 aliphatic carbocycles. The number of phenolic OH excluding ortho intramolecular Hbond substituents is 1. The number of halogens is 1. The molecule has 1 saturated heterocycles. The molecule has 9 nitrogen and oxygen atoms in total. The van der Waals surface area contributed by atoms with E-state index >= 15 is 0 Å². The lowest BCUT2D eigenvalue weighted by Gasteiger charge is -2.38. The van der Waals surface area contributed by atoms with Crippen LogP contribution in [0, 0.1) is 11.7 Å². The molecular formula is C32H31FN4O5S. The quantitative estimate of drug-likeness (QED) is 0.261. The Balaban J connectivity index is 1.31. The standard InChI is InChI=1S/C32H31FN4O5S/c1-32(2,3)27-11-10-26(43-27)29(39)36-25(30(40)37-16-21(17-37)31(41)42)12-18-4-6-19(7-5-18)28-34-14-20(15-35-28)23-9-8-22(38)13-24(23)33/h4-11,13-15,21,25,38H,12,16-17H2,1-3H3,(H,36,39)(H,41,42). The van der Waals surface area contributed by atoms with E-state index in [-0.39, 0.29) is 48.1 Å². The molecule has 0 radical (unpaired) electrons. The van der Waals surface area contributed by atoms with Crippen LogP contribution in [0.2, 0.25) is 0 Å². The lowest BCUT2D eigenvalue weighted by atomic mass is 9.95. The molecule has 0 saturated carbocycles. The number of thiophene rings is 1. The molecule has 2 aromatic heterocycles. The van der Waals surface area contributed by atoms with Crippen molar-refractivity contribution in [2.75, 3.05) is 13.1 Å². The summed E-state index contributed by atoms with van der Waals surface area (Å²) in [5.41, 5.74) is 2.10. The molecule has 0 spiro atoms. The fraction of sp³-hybridized carbons (Fsp3) is 0.281. The number of aromatic nitrogens is 2. The van der Waals surface area contributed by atoms with Crippen LogP contribution < -0.4 is 5.32 Å². The first-order valence-corrected chi connectivity index (χ1v) is 14.5. The van der Waals surface area contributed by atoms with Crippen molar-refractivity contribution in [2.45, 2.75) is 38.6 Å². The van der Waals surface area contributed by atoms with Crippen LogP contribution in [0.25, 0.3) is 22.5 Å². The summed E-state index contributed by atoms with van der Waals surface area (Å²) in [5.74, 6) is -2.57. The highest BCUT2D eigenvalue weighted by molar-refractivity contribution is 7.14. The Hall–Kier alpha value is -4.64. The molecule has 222 valence electrons. The van der Waals surface area contributed by atoms with Crippen LogP contribution in [0.1, 0.15) is 40.9 Å². The second-order valence-corrected chi connectivity index (χ2v) is 12.7. The number of carboxylic acid groups (broad SMARTS) is 1. The summed E-state index contributed by atoms with van der Waals surface area (Å²) in [6.07, 6.45) is 3.21. The molecule has 1 aliphatic rings. The second-order valence-electron chi connectivity index (χ2n) is 11.6. The molecule has 1 fully saturated rings. The van der Waals surface area contributed by atoms with Gasteiger partial charge in [0.1, 0.15) is 17.6 Å². The third-order valence-electron chi connectivity index (χ3n) is 7.28. The van der Waals surface area contributed by atoms with Crippen molar-refractivity contribution < 1.29 is 29.0 Å². The van der Waals surface area contributed by atoms with Gasteiger partial charge in [-0.15, -0.1) is 11.3 Å². The topological polar surface area (TPSA) is 133 Å². The SMILES string of the molecule is CC(C)(C)c1ccc(C(=O)NC(Cc2ccc(-c3ncc(-c4ccc(O)cc4F)cn3)cc2)C(=O)N2CC(C(=O)O)C2)s1. The summed E-state index contributed by atoms with van der Waals surface area (Å²) in [4.78, 5) is 49.6. The first kappa shape index (κ1) is 29.8. The van der Waals surface area contributed by atoms with E-state index in [9.17, 15) is 29.0 Å². The third kappa shape index (κ3) is 6.72. The van der Waals surface area contributed by atoms with Gasteiger partial charge in [0.2, 0.25) is 5.91 Å². The molecule has 2 amide bonds. The molecule has 0 bridgehead atoms. The van der Waals surface area contributed by atoms with Crippen LogP contribution in [0.5, 0.6) is 5.75 Å². The van der Waals surface area contributed by atoms with Crippen molar-refractivity contribution in [3.8, 4) is 28.3 Å². The van der Waals surface area contributed by atoms with Gasteiger partial charge in [-0.3, -0.25) is 14.4 Å². The van der Waals surface area contributed by atoms with E-state index in [4.69, 9.17) is 0 Å². The highest BCUT2D eigenvalue weighted by Gasteiger charge is 2.39. The van der Waals surface area contributed by atoms with Crippen molar-refractivity contribution in [1.29, 1.82) is 0 Å². The third-order valence-corrected chi connectivity index (χ3v) is 8.79. The number of benzene rings is 2. The van der Waals surface area contributed by atoms with Gasteiger partial charge in [0, 0.05) is 59.5 Å².